The molecule has 0 fully saturated rings. The maximum atomic E-state index is 4.24. The van der Waals surface area contributed by atoms with Crippen LogP contribution in [0.25, 0.3) is 0 Å². The number of nitrogens with one attached hydrogen (secondary N) is 1. The molecular formula is C9H15IN4. The van der Waals surface area contributed by atoms with E-state index in [1.807, 2.05) is 13.2 Å². The Bertz CT molecular complexity index is 279. The van der Waals surface area contributed by atoms with Crippen molar-refractivity contribution in [3.05, 3.63) is 16.1 Å². The summed E-state index contributed by atoms with van der Waals surface area (Å²) in [4.78, 5) is 10.3. The van der Waals surface area contributed by atoms with Gasteiger partial charge in [-0.1, -0.05) is 6.92 Å². The van der Waals surface area contributed by atoms with Crippen molar-refractivity contribution < 1.29 is 0 Å². The minimum absolute atomic E-state index is 0.959. The lowest BCUT2D eigenvalue weighted by molar-refractivity contribution is 0.701. The molecule has 0 amide bonds. The summed E-state index contributed by atoms with van der Waals surface area (Å²) >= 11 is 2.25. The highest BCUT2D eigenvalue weighted by molar-refractivity contribution is 14.1. The Hall–Kier alpha value is -0.430. The molecule has 1 rings (SSSR count). The van der Waals surface area contributed by atoms with E-state index in [0.717, 1.165) is 29.0 Å². The zero-order valence-corrected chi connectivity index (χ0v) is 10.7. The maximum absolute atomic E-state index is 4.24. The first-order valence-electron chi connectivity index (χ1n) is 4.63. The van der Waals surface area contributed by atoms with Gasteiger partial charge in [-0.05, 0) is 29.1 Å². The molecule has 5 heteroatoms. The van der Waals surface area contributed by atoms with Crippen molar-refractivity contribution in [1.29, 1.82) is 0 Å². The van der Waals surface area contributed by atoms with Crippen LogP contribution in [0, 0.1) is 3.57 Å². The molecule has 1 heterocycles. The van der Waals surface area contributed by atoms with Crippen LogP contribution in [0.2, 0.25) is 0 Å². The van der Waals surface area contributed by atoms with E-state index in [-0.39, 0.29) is 0 Å². The lowest BCUT2D eigenvalue weighted by atomic mass is 10.5. The largest absolute Gasteiger partial charge is 0.357 e. The lowest BCUT2D eigenvalue weighted by Gasteiger charge is -2.18. The Morgan fingerprint density at radius 1 is 1.57 bits per heavy atom. The molecule has 1 aromatic rings. The van der Waals surface area contributed by atoms with Gasteiger partial charge in [0.1, 0.15) is 12.1 Å². The SMILES string of the molecule is CCNCCN(C)c1ncncc1I. The first kappa shape index (κ1) is 11.6. The third-order valence-corrected chi connectivity index (χ3v) is 2.64. The predicted octanol–water partition coefficient (Wildman–Crippen LogP) is 1.13. The smallest absolute Gasteiger partial charge is 0.145 e. The highest BCUT2D eigenvalue weighted by Crippen LogP contribution is 2.15. The number of halogens is 1. The summed E-state index contributed by atoms with van der Waals surface area (Å²) in [5.41, 5.74) is 0. The molecule has 0 radical (unpaired) electrons. The highest BCUT2D eigenvalue weighted by atomic mass is 127. The topological polar surface area (TPSA) is 41.0 Å². The van der Waals surface area contributed by atoms with E-state index in [0.29, 0.717) is 0 Å². The van der Waals surface area contributed by atoms with Crippen LogP contribution in [0.4, 0.5) is 5.82 Å². The fourth-order valence-corrected chi connectivity index (χ4v) is 1.83. The maximum Gasteiger partial charge on any atom is 0.145 e. The Kier molecular flexibility index (Phi) is 5.10. The fourth-order valence-electron chi connectivity index (χ4n) is 1.12. The quantitative estimate of drug-likeness (QED) is 0.654. The Morgan fingerprint density at radius 2 is 2.36 bits per heavy atom. The van der Waals surface area contributed by atoms with Crippen molar-refractivity contribution in [2.75, 3.05) is 31.6 Å². The Morgan fingerprint density at radius 3 is 3.00 bits per heavy atom. The zero-order chi connectivity index (χ0) is 10.4. The summed E-state index contributed by atoms with van der Waals surface area (Å²) in [6, 6.07) is 0. The molecule has 4 nitrogen and oxygen atoms in total. The summed E-state index contributed by atoms with van der Waals surface area (Å²) < 4.78 is 1.09. The van der Waals surface area contributed by atoms with Crippen LogP contribution in [0.3, 0.4) is 0 Å². The highest BCUT2D eigenvalue weighted by Gasteiger charge is 2.05. The summed E-state index contributed by atoms with van der Waals surface area (Å²) in [6.07, 6.45) is 3.41. The van der Waals surface area contributed by atoms with Gasteiger partial charge in [0, 0.05) is 26.3 Å². The van der Waals surface area contributed by atoms with Crippen molar-refractivity contribution in [3.63, 3.8) is 0 Å². The Labute approximate surface area is 98.3 Å². The van der Waals surface area contributed by atoms with Crippen LogP contribution >= 0.6 is 22.6 Å². The number of nitrogens with zero attached hydrogens (tertiary/aromatic N) is 3. The molecule has 0 bridgehead atoms. The number of hydrogen-bond acceptors (Lipinski definition) is 4. The van der Waals surface area contributed by atoms with E-state index in [9.17, 15) is 0 Å². The van der Waals surface area contributed by atoms with E-state index in [1.54, 1.807) is 6.33 Å². The molecule has 0 aliphatic heterocycles. The second kappa shape index (κ2) is 6.13. The lowest BCUT2D eigenvalue weighted by Crippen LogP contribution is -2.30. The summed E-state index contributed by atoms with van der Waals surface area (Å²) in [5.74, 6) is 0.999. The molecule has 0 aliphatic carbocycles. The van der Waals surface area contributed by atoms with Gasteiger partial charge in [0.2, 0.25) is 0 Å². The van der Waals surface area contributed by atoms with Crippen molar-refractivity contribution in [3.8, 4) is 0 Å². The number of hydrogen-bond donors (Lipinski definition) is 1. The molecule has 0 atom stereocenters. The average Bonchev–Trinajstić information content (AvgIpc) is 2.18. The standard InChI is InChI=1S/C9H15IN4/c1-3-11-4-5-14(2)9-8(10)6-12-7-13-9/h6-7,11H,3-5H2,1-2H3. The van der Waals surface area contributed by atoms with Gasteiger partial charge < -0.3 is 10.2 Å². The molecule has 1 aromatic heterocycles. The number of aromatic nitrogens is 2. The van der Waals surface area contributed by atoms with Gasteiger partial charge in [0.25, 0.3) is 0 Å². The van der Waals surface area contributed by atoms with E-state index >= 15 is 0 Å². The van der Waals surface area contributed by atoms with Gasteiger partial charge in [-0.2, -0.15) is 0 Å². The monoisotopic (exact) mass is 306 g/mol. The second-order valence-electron chi connectivity index (χ2n) is 2.97. The summed E-state index contributed by atoms with van der Waals surface area (Å²) in [7, 11) is 2.04. The minimum Gasteiger partial charge on any atom is -0.357 e. The normalized spacial score (nSPS) is 10.2. The van der Waals surface area contributed by atoms with Gasteiger partial charge in [0.05, 0.1) is 3.57 Å². The molecule has 0 aliphatic rings. The Balaban J connectivity index is 2.51. The van der Waals surface area contributed by atoms with Crippen LogP contribution in [0.5, 0.6) is 0 Å². The molecule has 0 saturated carbocycles. The van der Waals surface area contributed by atoms with Crippen LogP contribution in [0.15, 0.2) is 12.5 Å². The van der Waals surface area contributed by atoms with Gasteiger partial charge in [-0.3, -0.25) is 0 Å². The van der Waals surface area contributed by atoms with Crippen LogP contribution < -0.4 is 10.2 Å². The van der Waals surface area contributed by atoms with E-state index < -0.39 is 0 Å². The molecular weight excluding hydrogens is 291 g/mol. The van der Waals surface area contributed by atoms with Crippen molar-refractivity contribution in [2.24, 2.45) is 0 Å². The van der Waals surface area contributed by atoms with Crippen LogP contribution in [-0.4, -0.2) is 36.6 Å². The first-order valence-corrected chi connectivity index (χ1v) is 5.71. The molecule has 0 aromatic carbocycles. The number of anilines is 1. The van der Waals surface area contributed by atoms with E-state index in [4.69, 9.17) is 0 Å². The average molecular weight is 306 g/mol. The van der Waals surface area contributed by atoms with Gasteiger partial charge in [-0.25, -0.2) is 9.97 Å². The molecule has 14 heavy (non-hydrogen) atoms. The second-order valence-corrected chi connectivity index (χ2v) is 4.13. The number of likely N-dealkylation sites (N-methyl/N-ethyl adjacent to an activating group) is 2. The molecule has 1 N–H and O–H groups in total. The van der Waals surface area contributed by atoms with Gasteiger partial charge >= 0.3 is 0 Å². The van der Waals surface area contributed by atoms with Crippen molar-refractivity contribution in [2.45, 2.75) is 6.92 Å². The number of rotatable bonds is 5. The fraction of sp³-hybridized carbons (Fsp3) is 0.556. The molecule has 0 spiro atoms. The summed E-state index contributed by atoms with van der Waals surface area (Å²) in [6.45, 7) is 5.05. The third-order valence-electron chi connectivity index (χ3n) is 1.88. The van der Waals surface area contributed by atoms with Crippen molar-refractivity contribution >= 4 is 28.4 Å². The molecule has 0 saturated heterocycles. The van der Waals surface area contributed by atoms with Crippen LogP contribution in [-0.2, 0) is 0 Å². The van der Waals surface area contributed by atoms with E-state index in [1.165, 1.54) is 0 Å². The first-order chi connectivity index (χ1) is 6.75. The van der Waals surface area contributed by atoms with E-state index in [2.05, 4.69) is 49.7 Å². The molecule has 0 unspecified atom stereocenters. The molecule has 78 valence electrons. The van der Waals surface area contributed by atoms with Gasteiger partial charge in [-0.15, -0.1) is 0 Å². The predicted molar refractivity (Wildman–Crippen MR) is 66.6 cm³/mol. The van der Waals surface area contributed by atoms with Crippen LogP contribution in [0.1, 0.15) is 6.92 Å². The zero-order valence-electron chi connectivity index (χ0n) is 8.50. The minimum atomic E-state index is 0.959. The van der Waals surface area contributed by atoms with Gasteiger partial charge in [0.15, 0.2) is 0 Å². The van der Waals surface area contributed by atoms with Crippen molar-refractivity contribution in [1.82, 2.24) is 15.3 Å². The summed E-state index contributed by atoms with van der Waals surface area (Å²) in [5, 5.41) is 3.28. The third kappa shape index (κ3) is 3.38.